The SMILES string of the molecule is Cc1cc(-c2cccc(SNCc3ccc(C(=O)Nc4ccc(F)cc4N)cc3)c2N)n[nH]1. The van der Waals surface area contributed by atoms with E-state index in [0.29, 0.717) is 23.5 Å². The van der Waals surface area contributed by atoms with Gasteiger partial charge in [0.1, 0.15) is 5.82 Å². The molecular formula is C24H23FN6OS. The standard InChI is InChI=1S/C24H23FN6OS/c1-14-11-21(31-30-14)18-3-2-4-22(23(18)27)33-28-13-15-5-7-16(8-6-15)24(32)29-20-10-9-17(25)12-19(20)26/h2-12,28H,13,26-27H2,1H3,(H,29,32)(H,30,31). The van der Waals surface area contributed by atoms with Gasteiger partial charge in [-0.15, -0.1) is 0 Å². The predicted molar refractivity (Wildman–Crippen MR) is 131 cm³/mol. The molecule has 0 fully saturated rings. The van der Waals surface area contributed by atoms with E-state index in [1.54, 1.807) is 12.1 Å². The van der Waals surface area contributed by atoms with Gasteiger partial charge in [0.25, 0.3) is 5.91 Å². The number of rotatable bonds is 7. The van der Waals surface area contributed by atoms with Crippen LogP contribution in [0.2, 0.25) is 0 Å². The first-order valence-corrected chi connectivity index (χ1v) is 11.0. The molecule has 4 rings (SSSR count). The van der Waals surface area contributed by atoms with E-state index in [-0.39, 0.29) is 11.6 Å². The Morgan fingerprint density at radius 2 is 1.88 bits per heavy atom. The van der Waals surface area contributed by atoms with E-state index in [1.165, 1.54) is 30.1 Å². The summed E-state index contributed by atoms with van der Waals surface area (Å²) in [7, 11) is 0. The average molecular weight is 463 g/mol. The highest BCUT2D eigenvalue weighted by Gasteiger charge is 2.11. The summed E-state index contributed by atoms with van der Waals surface area (Å²) in [5, 5.41) is 9.91. The fourth-order valence-electron chi connectivity index (χ4n) is 3.23. The summed E-state index contributed by atoms with van der Waals surface area (Å²) in [5.41, 5.74) is 17.4. The Morgan fingerprint density at radius 3 is 2.58 bits per heavy atom. The molecule has 7 nitrogen and oxygen atoms in total. The molecule has 0 saturated carbocycles. The van der Waals surface area contributed by atoms with E-state index in [2.05, 4.69) is 20.2 Å². The quantitative estimate of drug-likeness (QED) is 0.200. The maximum atomic E-state index is 13.2. The van der Waals surface area contributed by atoms with E-state index in [4.69, 9.17) is 11.5 Å². The van der Waals surface area contributed by atoms with Crippen LogP contribution in [0.25, 0.3) is 11.3 Å². The minimum absolute atomic E-state index is 0.173. The predicted octanol–water partition coefficient (Wildman–Crippen LogP) is 4.74. The molecule has 0 unspecified atom stereocenters. The van der Waals surface area contributed by atoms with Crippen molar-refractivity contribution in [1.82, 2.24) is 14.9 Å². The van der Waals surface area contributed by atoms with E-state index in [9.17, 15) is 9.18 Å². The normalized spacial score (nSPS) is 10.8. The first kappa shape index (κ1) is 22.4. The zero-order chi connectivity index (χ0) is 23.4. The number of nitrogens with two attached hydrogens (primary N) is 2. The van der Waals surface area contributed by atoms with Crippen molar-refractivity contribution in [2.24, 2.45) is 0 Å². The van der Waals surface area contributed by atoms with Gasteiger partial charge in [-0.05, 0) is 66.9 Å². The number of anilines is 3. The van der Waals surface area contributed by atoms with Crippen LogP contribution in [0.3, 0.4) is 0 Å². The number of H-pyrrole nitrogens is 1. The van der Waals surface area contributed by atoms with Crippen LogP contribution in [0.4, 0.5) is 21.5 Å². The van der Waals surface area contributed by atoms with Gasteiger partial charge in [-0.25, -0.2) is 4.39 Å². The van der Waals surface area contributed by atoms with Crippen LogP contribution in [0.5, 0.6) is 0 Å². The summed E-state index contributed by atoms with van der Waals surface area (Å²) in [4.78, 5) is 13.4. The van der Waals surface area contributed by atoms with Crippen LogP contribution in [0.1, 0.15) is 21.6 Å². The van der Waals surface area contributed by atoms with E-state index < -0.39 is 5.82 Å². The van der Waals surface area contributed by atoms with Gasteiger partial charge in [-0.3, -0.25) is 14.6 Å². The number of amides is 1. The number of hydrogen-bond donors (Lipinski definition) is 5. The molecule has 3 aromatic carbocycles. The summed E-state index contributed by atoms with van der Waals surface area (Å²) in [6, 6.07) is 18.8. The Morgan fingerprint density at radius 1 is 1.09 bits per heavy atom. The van der Waals surface area contributed by atoms with E-state index in [0.717, 1.165) is 27.4 Å². The van der Waals surface area contributed by atoms with Crippen molar-refractivity contribution in [1.29, 1.82) is 0 Å². The highest BCUT2D eigenvalue weighted by molar-refractivity contribution is 7.97. The summed E-state index contributed by atoms with van der Waals surface area (Å²) in [6.07, 6.45) is 0. The molecule has 0 spiro atoms. The van der Waals surface area contributed by atoms with Gasteiger partial charge < -0.3 is 16.8 Å². The average Bonchev–Trinajstić information content (AvgIpc) is 3.23. The smallest absolute Gasteiger partial charge is 0.255 e. The lowest BCUT2D eigenvalue weighted by molar-refractivity contribution is 0.102. The Hall–Kier alpha value is -3.82. The monoisotopic (exact) mass is 462 g/mol. The molecule has 4 aromatic rings. The van der Waals surface area contributed by atoms with Crippen molar-refractivity contribution in [3.63, 3.8) is 0 Å². The largest absolute Gasteiger partial charge is 0.397 e. The Balaban J connectivity index is 1.35. The van der Waals surface area contributed by atoms with Gasteiger partial charge in [0, 0.05) is 28.3 Å². The summed E-state index contributed by atoms with van der Waals surface area (Å²) >= 11 is 1.44. The third-order valence-electron chi connectivity index (χ3n) is 4.98. The number of carbonyl (C=O) groups excluding carboxylic acids is 1. The topological polar surface area (TPSA) is 122 Å². The van der Waals surface area contributed by atoms with Gasteiger partial charge in [-0.1, -0.05) is 24.3 Å². The molecular weight excluding hydrogens is 439 g/mol. The second-order valence-electron chi connectivity index (χ2n) is 7.46. The Bertz CT molecular complexity index is 1290. The van der Waals surface area contributed by atoms with Gasteiger partial charge in [0.15, 0.2) is 0 Å². The molecule has 0 atom stereocenters. The van der Waals surface area contributed by atoms with Crippen molar-refractivity contribution in [3.05, 3.63) is 89.4 Å². The van der Waals surface area contributed by atoms with Gasteiger partial charge in [-0.2, -0.15) is 5.10 Å². The number of nitrogens with zero attached hydrogens (tertiary/aromatic N) is 1. The zero-order valence-electron chi connectivity index (χ0n) is 17.9. The number of halogens is 1. The van der Waals surface area contributed by atoms with Crippen LogP contribution in [0, 0.1) is 12.7 Å². The molecule has 0 saturated heterocycles. The Kier molecular flexibility index (Phi) is 6.62. The maximum Gasteiger partial charge on any atom is 0.255 e. The first-order chi connectivity index (χ1) is 15.9. The second-order valence-corrected chi connectivity index (χ2v) is 8.39. The highest BCUT2D eigenvalue weighted by atomic mass is 32.2. The molecule has 0 radical (unpaired) electrons. The van der Waals surface area contributed by atoms with Crippen LogP contribution in [-0.4, -0.2) is 16.1 Å². The molecule has 7 N–H and O–H groups in total. The van der Waals surface area contributed by atoms with E-state index >= 15 is 0 Å². The number of carbonyl (C=O) groups is 1. The fourth-order valence-corrected chi connectivity index (χ4v) is 3.99. The summed E-state index contributed by atoms with van der Waals surface area (Å²) in [5.74, 6) is -0.773. The maximum absolute atomic E-state index is 13.2. The second kappa shape index (κ2) is 9.76. The molecule has 168 valence electrons. The molecule has 1 aromatic heterocycles. The number of aromatic nitrogens is 2. The van der Waals surface area contributed by atoms with Gasteiger partial charge in [0.05, 0.1) is 22.8 Å². The number of hydrogen-bond acceptors (Lipinski definition) is 6. The number of benzene rings is 3. The zero-order valence-corrected chi connectivity index (χ0v) is 18.7. The van der Waals surface area contributed by atoms with Crippen LogP contribution < -0.4 is 21.5 Å². The van der Waals surface area contributed by atoms with Crippen molar-refractivity contribution >= 4 is 34.9 Å². The first-order valence-electron chi connectivity index (χ1n) is 10.2. The number of aryl methyl sites for hydroxylation is 1. The van der Waals surface area contributed by atoms with Crippen molar-refractivity contribution in [2.75, 3.05) is 16.8 Å². The number of para-hydroxylation sites is 1. The number of nitrogens with one attached hydrogen (secondary N) is 3. The minimum Gasteiger partial charge on any atom is -0.397 e. The summed E-state index contributed by atoms with van der Waals surface area (Å²) in [6.45, 7) is 2.52. The lowest BCUT2D eigenvalue weighted by Gasteiger charge is -2.11. The molecule has 9 heteroatoms. The molecule has 0 aliphatic heterocycles. The lowest BCUT2D eigenvalue weighted by Crippen LogP contribution is -2.13. The summed E-state index contributed by atoms with van der Waals surface area (Å²) < 4.78 is 16.5. The Labute approximate surface area is 194 Å². The van der Waals surface area contributed by atoms with Crippen molar-refractivity contribution in [2.45, 2.75) is 18.4 Å². The molecule has 0 bridgehead atoms. The molecule has 0 aliphatic rings. The molecule has 1 amide bonds. The number of aromatic amines is 1. The third kappa shape index (κ3) is 5.33. The van der Waals surface area contributed by atoms with Crippen LogP contribution in [-0.2, 0) is 6.54 Å². The number of nitrogen functional groups attached to an aromatic ring is 2. The van der Waals surface area contributed by atoms with Gasteiger partial charge in [0.2, 0.25) is 0 Å². The fraction of sp³-hybridized carbons (Fsp3) is 0.0833. The van der Waals surface area contributed by atoms with Gasteiger partial charge >= 0.3 is 0 Å². The van der Waals surface area contributed by atoms with E-state index in [1.807, 2.05) is 43.3 Å². The third-order valence-corrected chi connectivity index (χ3v) is 5.85. The highest BCUT2D eigenvalue weighted by Crippen LogP contribution is 2.32. The van der Waals surface area contributed by atoms with Crippen molar-refractivity contribution < 1.29 is 9.18 Å². The molecule has 1 heterocycles. The lowest BCUT2D eigenvalue weighted by atomic mass is 10.1. The van der Waals surface area contributed by atoms with Crippen LogP contribution in [0.15, 0.2) is 71.6 Å². The van der Waals surface area contributed by atoms with Crippen LogP contribution >= 0.6 is 11.9 Å². The van der Waals surface area contributed by atoms with Crippen molar-refractivity contribution in [3.8, 4) is 11.3 Å². The minimum atomic E-state index is -0.454. The molecule has 0 aliphatic carbocycles. The molecule has 33 heavy (non-hydrogen) atoms.